The second kappa shape index (κ2) is 8.27. The number of H-pyrrole nitrogens is 1. The SMILES string of the molecule is COCCOC(=O)c1c(C)[nH]c(C(=O)N2CCCc3cc(Br)ccc32)c1C. The number of benzene rings is 1. The van der Waals surface area contributed by atoms with Gasteiger partial charge in [0.2, 0.25) is 0 Å². The second-order valence-corrected chi connectivity index (χ2v) is 7.50. The molecule has 1 amide bonds. The molecule has 27 heavy (non-hydrogen) atoms. The Hall–Kier alpha value is -2.12. The molecule has 1 aromatic heterocycles. The molecule has 0 fully saturated rings. The van der Waals surface area contributed by atoms with Crippen LogP contribution in [0.25, 0.3) is 0 Å². The number of esters is 1. The summed E-state index contributed by atoms with van der Waals surface area (Å²) < 4.78 is 11.1. The third-order valence-electron chi connectivity index (χ3n) is 4.78. The molecule has 2 aromatic rings. The van der Waals surface area contributed by atoms with Crippen LogP contribution in [0.5, 0.6) is 0 Å². The Kier molecular flexibility index (Phi) is 6.01. The summed E-state index contributed by atoms with van der Waals surface area (Å²) in [6.45, 7) is 4.71. The summed E-state index contributed by atoms with van der Waals surface area (Å²) in [7, 11) is 1.55. The summed E-state index contributed by atoms with van der Waals surface area (Å²) in [5.41, 5.74) is 4.16. The van der Waals surface area contributed by atoms with E-state index in [9.17, 15) is 9.59 Å². The molecule has 3 rings (SSSR count). The quantitative estimate of drug-likeness (QED) is 0.573. The molecule has 6 nitrogen and oxygen atoms in total. The molecular formula is C20H23BrN2O4. The van der Waals surface area contributed by atoms with Gasteiger partial charge >= 0.3 is 5.97 Å². The van der Waals surface area contributed by atoms with E-state index >= 15 is 0 Å². The van der Waals surface area contributed by atoms with E-state index in [4.69, 9.17) is 9.47 Å². The first kappa shape index (κ1) is 19.6. The van der Waals surface area contributed by atoms with Crippen molar-refractivity contribution in [2.24, 2.45) is 0 Å². The van der Waals surface area contributed by atoms with E-state index in [0.29, 0.717) is 35.7 Å². The predicted octanol–water partition coefficient (Wildman–Crippen LogP) is 3.79. The van der Waals surface area contributed by atoms with Gasteiger partial charge in [0.05, 0.1) is 12.2 Å². The van der Waals surface area contributed by atoms with Gasteiger partial charge in [-0.1, -0.05) is 15.9 Å². The molecule has 0 spiro atoms. The minimum atomic E-state index is -0.444. The Morgan fingerprint density at radius 3 is 2.78 bits per heavy atom. The third kappa shape index (κ3) is 3.94. The van der Waals surface area contributed by atoms with E-state index in [2.05, 4.69) is 27.0 Å². The Bertz CT molecular complexity index is 875. The number of methoxy groups -OCH3 is 1. The lowest BCUT2D eigenvalue weighted by Crippen LogP contribution is -2.36. The van der Waals surface area contributed by atoms with Gasteiger partial charge in [0.15, 0.2) is 0 Å². The van der Waals surface area contributed by atoms with Crippen LogP contribution >= 0.6 is 15.9 Å². The highest BCUT2D eigenvalue weighted by Crippen LogP contribution is 2.31. The van der Waals surface area contributed by atoms with E-state index in [1.165, 1.54) is 0 Å². The first-order valence-corrected chi connectivity index (χ1v) is 9.68. The molecule has 1 aliphatic rings. The van der Waals surface area contributed by atoms with E-state index in [1.54, 1.807) is 25.9 Å². The second-order valence-electron chi connectivity index (χ2n) is 6.59. The Labute approximate surface area is 167 Å². The average molecular weight is 435 g/mol. The van der Waals surface area contributed by atoms with Gasteiger partial charge in [-0.2, -0.15) is 0 Å². The number of carbonyl (C=O) groups is 2. The van der Waals surface area contributed by atoms with Crippen molar-refractivity contribution in [2.75, 3.05) is 31.8 Å². The molecule has 0 radical (unpaired) electrons. The van der Waals surface area contributed by atoms with Crippen molar-refractivity contribution in [3.05, 3.63) is 50.8 Å². The number of fused-ring (bicyclic) bond motifs is 1. The van der Waals surface area contributed by atoms with Crippen molar-refractivity contribution >= 4 is 33.5 Å². The lowest BCUT2D eigenvalue weighted by molar-refractivity contribution is 0.0387. The van der Waals surface area contributed by atoms with Gasteiger partial charge in [0.1, 0.15) is 12.3 Å². The predicted molar refractivity (Wildman–Crippen MR) is 107 cm³/mol. The van der Waals surface area contributed by atoms with Gasteiger partial charge in [-0.25, -0.2) is 4.79 Å². The molecular weight excluding hydrogens is 412 g/mol. The van der Waals surface area contributed by atoms with E-state index in [1.807, 2.05) is 12.1 Å². The largest absolute Gasteiger partial charge is 0.460 e. The third-order valence-corrected chi connectivity index (χ3v) is 5.27. The molecule has 0 bridgehead atoms. The van der Waals surface area contributed by atoms with Crippen molar-refractivity contribution in [2.45, 2.75) is 26.7 Å². The number of nitrogens with zero attached hydrogens (tertiary/aromatic N) is 1. The number of aryl methyl sites for hydroxylation is 2. The van der Waals surface area contributed by atoms with Crippen molar-refractivity contribution in [3.63, 3.8) is 0 Å². The lowest BCUT2D eigenvalue weighted by Gasteiger charge is -2.29. The first-order valence-electron chi connectivity index (χ1n) is 8.89. The van der Waals surface area contributed by atoms with E-state index in [0.717, 1.165) is 28.6 Å². The maximum absolute atomic E-state index is 13.2. The van der Waals surface area contributed by atoms with Crippen LogP contribution in [0.15, 0.2) is 22.7 Å². The molecule has 2 heterocycles. The fraction of sp³-hybridized carbons (Fsp3) is 0.400. The number of aromatic nitrogens is 1. The average Bonchev–Trinajstić information content (AvgIpc) is 2.94. The van der Waals surface area contributed by atoms with Crippen LogP contribution < -0.4 is 4.90 Å². The van der Waals surface area contributed by atoms with Crippen molar-refractivity contribution < 1.29 is 19.1 Å². The van der Waals surface area contributed by atoms with Crippen LogP contribution in [-0.2, 0) is 15.9 Å². The van der Waals surface area contributed by atoms with Crippen molar-refractivity contribution in [3.8, 4) is 0 Å². The van der Waals surface area contributed by atoms with Crippen LogP contribution in [0, 0.1) is 13.8 Å². The van der Waals surface area contributed by atoms with Crippen LogP contribution in [0.2, 0.25) is 0 Å². The topological polar surface area (TPSA) is 71.6 Å². The zero-order chi connectivity index (χ0) is 19.6. The molecule has 1 aliphatic heterocycles. The van der Waals surface area contributed by atoms with Crippen LogP contribution in [0.3, 0.4) is 0 Å². The Balaban J connectivity index is 1.89. The van der Waals surface area contributed by atoms with Gasteiger partial charge < -0.3 is 19.4 Å². The van der Waals surface area contributed by atoms with E-state index < -0.39 is 5.97 Å². The number of aromatic amines is 1. The number of halogens is 1. The number of amides is 1. The summed E-state index contributed by atoms with van der Waals surface area (Å²) in [4.78, 5) is 30.5. The molecule has 0 saturated heterocycles. The summed E-state index contributed by atoms with van der Waals surface area (Å²) in [5, 5.41) is 0. The highest BCUT2D eigenvalue weighted by molar-refractivity contribution is 9.10. The smallest absolute Gasteiger partial charge is 0.340 e. The molecule has 0 aliphatic carbocycles. The Morgan fingerprint density at radius 1 is 1.26 bits per heavy atom. The molecule has 0 unspecified atom stereocenters. The number of hydrogen-bond donors (Lipinski definition) is 1. The summed E-state index contributed by atoms with van der Waals surface area (Å²) >= 11 is 3.49. The van der Waals surface area contributed by atoms with Gasteiger partial charge in [-0.15, -0.1) is 0 Å². The van der Waals surface area contributed by atoms with Gasteiger partial charge in [0.25, 0.3) is 5.91 Å². The standard InChI is InChI=1S/C20H23BrN2O4/c1-12-17(20(25)27-10-9-26-3)13(2)22-18(12)19(24)23-8-4-5-14-11-15(21)6-7-16(14)23/h6-7,11,22H,4-5,8-10H2,1-3H3. The van der Waals surface area contributed by atoms with Gasteiger partial charge in [0, 0.05) is 29.5 Å². The molecule has 7 heteroatoms. The monoisotopic (exact) mass is 434 g/mol. The van der Waals surface area contributed by atoms with Gasteiger partial charge in [-0.05, 0) is 56.0 Å². The molecule has 0 saturated carbocycles. The Morgan fingerprint density at radius 2 is 2.04 bits per heavy atom. The lowest BCUT2D eigenvalue weighted by atomic mass is 10.0. The number of rotatable bonds is 5. The van der Waals surface area contributed by atoms with E-state index in [-0.39, 0.29) is 12.5 Å². The molecule has 0 atom stereocenters. The molecule has 1 N–H and O–H groups in total. The van der Waals surface area contributed by atoms with Crippen LogP contribution in [-0.4, -0.2) is 43.7 Å². The number of nitrogens with one attached hydrogen (secondary N) is 1. The zero-order valence-electron chi connectivity index (χ0n) is 15.7. The maximum atomic E-state index is 13.2. The van der Waals surface area contributed by atoms with Crippen molar-refractivity contribution in [1.82, 2.24) is 4.98 Å². The zero-order valence-corrected chi connectivity index (χ0v) is 17.3. The normalized spacial score (nSPS) is 13.4. The summed E-state index contributed by atoms with van der Waals surface area (Å²) in [6, 6.07) is 5.96. The number of hydrogen-bond acceptors (Lipinski definition) is 4. The molecule has 144 valence electrons. The minimum absolute atomic E-state index is 0.130. The summed E-state index contributed by atoms with van der Waals surface area (Å²) in [5.74, 6) is -0.574. The maximum Gasteiger partial charge on any atom is 0.340 e. The highest BCUT2D eigenvalue weighted by atomic mass is 79.9. The van der Waals surface area contributed by atoms with Crippen molar-refractivity contribution in [1.29, 1.82) is 0 Å². The van der Waals surface area contributed by atoms with Crippen LogP contribution in [0.4, 0.5) is 5.69 Å². The fourth-order valence-corrected chi connectivity index (χ4v) is 3.88. The number of anilines is 1. The fourth-order valence-electron chi connectivity index (χ4n) is 3.47. The first-order chi connectivity index (χ1) is 12.9. The minimum Gasteiger partial charge on any atom is -0.460 e. The highest BCUT2D eigenvalue weighted by Gasteiger charge is 2.29. The summed E-state index contributed by atoms with van der Waals surface area (Å²) in [6.07, 6.45) is 1.85. The number of carbonyl (C=O) groups excluding carboxylic acids is 2. The molecule has 1 aromatic carbocycles. The van der Waals surface area contributed by atoms with Crippen LogP contribution in [0.1, 0.15) is 44.1 Å². The van der Waals surface area contributed by atoms with Gasteiger partial charge in [-0.3, -0.25) is 4.79 Å². The number of ether oxygens (including phenoxy) is 2.